The van der Waals surface area contributed by atoms with Gasteiger partial charge in [-0.15, -0.1) is 0 Å². The lowest BCUT2D eigenvalue weighted by Gasteiger charge is -2.14. The fraction of sp³-hybridized carbons (Fsp3) is 0.385. The van der Waals surface area contributed by atoms with Crippen LogP contribution in [0.4, 0.5) is 5.69 Å². The quantitative estimate of drug-likeness (QED) is 0.830. The Hall–Kier alpha value is -1.86. The molecule has 17 heavy (non-hydrogen) atoms. The second-order valence-electron chi connectivity index (χ2n) is 4.42. The minimum Gasteiger partial charge on any atom is -0.325 e. The summed E-state index contributed by atoms with van der Waals surface area (Å²) in [5.41, 5.74) is 6.88. The zero-order valence-electron chi connectivity index (χ0n) is 10.1. The van der Waals surface area contributed by atoms with Gasteiger partial charge in [-0.2, -0.15) is 5.26 Å². The molecule has 1 atom stereocenters. The van der Waals surface area contributed by atoms with E-state index in [1.54, 1.807) is 24.3 Å². The Bertz CT molecular complexity index is 435. The van der Waals surface area contributed by atoms with Crippen molar-refractivity contribution in [1.82, 2.24) is 0 Å². The standard InChI is InChI=1S/C13H17N3O/c1-9(2)6-12(15)13(17)16-11-5-3-4-10(7-11)8-14/h3-5,7,9,12H,6,15H2,1-2H3,(H,16,17)/t12-/m1/s1. The monoisotopic (exact) mass is 231 g/mol. The summed E-state index contributed by atoms with van der Waals surface area (Å²) >= 11 is 0. The maximum Gasteiger partial charge on any atom is 0.241 e. The molecule has 1 aromatic rings. The van der Waals surface area contributed by atoms with Crippen LogP contribution in [0.15, 0.2) is 24.3 Å². The summed E-state index contributed by atoms with van der Waals surface area (Å²) in [7, 11) is 0. The van der Waals surface area contributed by atoms with Gasteiger partial charge >= 0.3 is 0 Å². The van der Waals surface area contributed by atoms with Crippen molar-refractivity contribution in [3.63, 3.8) is 0 Å². The number of anilines is 1. The fourth-order valence-corrected chi connectivity index (χ4v) is 1.52. The number of hydrogen-bond acceptors (Lipinski definition) is 3. The van der Waals surface area contributed by atoms with Crippen LogP contribution in [-0.2, 0) is 4.79 Å². The lowest BCUT2D eigenvalue weighted by molar-refractivity contribution is -0.117. The van der Waals surface area contributed by atoms with Gasteiger partial charge in [0.05, 0.1) is 17.7 Å². The second-order valence-corrected chi connectivity index (χ2v) is 4.42. The molecule has 0 unspecified atom stereocenters. The number of nitrogens with two attached hydrogens (primary N) is 1. The normalized spacial score (nSPS) is 11.9. The zero-order valence-corrected chi connectivity index (χ0v) is 10.1. The molecular formula is C13H17N3O. The van der Waals surface area contributed by atoms with E-state index >= 15 is 0 Å². The van der Waals surface area contributed by atoms with E-state index in [0.29, 0.717) is 23.6 Å². The van der Waals surface area contributed by atoms with Gasteiger partial charge in [-0.25, -0.2) is 0 Å². The molecule has 0 spiro atoms. The molecule has 4 nitrogen and oxygen atoms in total. The van der Waals surface area contributed by atoms with Gasteiger partial charge in [0, 0.05) is 5.69 Å². The fourth-order valence-electron chi connectivity index (χ4n) is 1.52. The molecule has 4 heteroatoms. The maximum atomic E-state index is 11.7. The van der Waals surface area contributed by atoms with Crippen molar-refractivity contribution in [3.05, 3.63) is 29.8 Å². The van der Waals surface area contributed by atoms with Gasteiger partial charge in [-0.05, 0) is 30.5 Å². The van der Waals surface area contributed by atoms with Crippen molar-refractivity contribution in [2.75, 3.05) is 5.32 Å². The summed E-state index contributed by atoms with van der Waals surface area (Å²) < 4.78 is 0. The third-order valence-electron chi connectivity index (χ3n) is 2.32. The van der Waals surface area contributed by atoms with Crippen LogP contribution >= 0.6 is 0 Å². The number of hydrogen-bond donors (Lipinski definition) is 2. The summed E-state index contributed by atoms with van der Waals surface area (Å²) in [6, 6.07) is 8.28. The topological polar surface area (TPSA) is 78.9 Å². The first-order valence-corrected chi connectivity index (χ1v) is 5.59. The number of amides is 1. The van der Waals surface area contributed by atoms with E-state index in [1.165, 1.54) is 0 Å². The molecule has 0 radical (unpaired) electrons. The minimum atomic E-state index is -0.513. The van der Waals surface area contributed by atoms with Crippen LogP contribution in [0, 0.1) is 17.2 Å². The van der Waals surface area contributed by atoms with Crippen LogP contribution in [-0.4, -0.2) is 11.9 Å². The lowest BCUT2D eigenvalue weighted by Crippen LogP contribution is -2.36. The van der Waals surface area contributed by atoms with E-state index in [-0.39, 0.29) is 5.91 Å². The van der Waals surface area contributed by atoms with E-state index in [2.05, 4.69) is 5.32 Å². The summed E-state index contributed by atoms with van der Waals surface area (Å²) in [5.74, 6) is 0.162. The van der Waals surface area contributed by atoms with E-state index in [0.717, 1.165) is 0 Å². The Morgan fingerprint density at radius 2 is 2.24 bits per heavy atom. The van der Waals surface area contributed by atoms with Gasteiger partial charge in [0.25, 0.3) is 0 Å². The summed E-state index contributed by atoms with van der Waals surface area (Å²) in [5, 5.41) is 11.4. The van der Waals surface area contributed by atoms with Crippen molar-refractivity contribution in [3.8, 4) is 6.07 Å². The van der Waals surface area contributed by atoms with Crippen molar-refractivity contribution in [1.29, 1.82) is 5.26 Å². The number of rotatable bonds is 4. The van der Waals surface area contributed by atoms with Crippen LogP contribution < -0.4 is 11.1 Å². The number of benzene rings is 1. The van der Waals surface area contributed by atoms with Crippen molar-refractivity contribution in [2.45, 2.75) is 26.3 Å². The predicted molar refractivity (Wildman–Crippen MR) is 67.2 cm³/mol. The van der Waals surface area contributed by atoms with Gasteiger partial charge in [0.1, 0.15) is 0 Å². The van der Waals surface area contributed by atoms with Gasteiger partial charge < -0.3 is 11.1 Å². The highest BCUT2D eigenvalue weighted by Gasteiger charge is 2.14. The maximum absolute atomic E-state index is 11.7. The Kier molecular flexibility index (Phi) is 4.68. The molecule has 0 aliphatic heterocycles. The average molecular weight is 231 g/mol. The van der Waals surface area contributed by atoms with Gasteiger partial charge in [0.15, 0.2) is 0 Å². The second kappa shape index (κ2) is 6.02. The predicted octanol–water partition coefficient (Wildman–Crippen LogP) is 1.87. The highest BCUT2D eigenvalue weighted by atomic mass is 16.2. The van der Waals surface area contributed by atoms with Crippen LogP contribution in [0.3, 0.4) is 0 Å². The number of carbonyl (C=O) groups excluding carboxylic acids is 1. The molecule has 1 aromatic carbocycles. The van der Waals surface area contributed by atoms with Gasteiger partial charge in [0.2, 0.25) is 5.91 Å². The summed E-state index contributed by atoms with van der Waals surface area (Å²) in [6.45, 7) is 4.03. The molecule has 3 N–H and O–H groups in total. The number of nitriles is 1. The molecule has 1 amide bonds. The Morgan fingerprint density at radius 1 is 1.53 bits per heavy atom. The van der Waals surface area contributed by atoms with E-state index < -0.39 is 6.04 Å². The molecule has 0 aliphatic rings. The molecule has 0 aliphatic carbocycles. The number of nitrogens with zero attached hydrogens (tertiary/aromatic N) is 1. The highest BCUT2D eigenvalue weighted by molar-refractivity contribution is 5.94. The van der Waals surface area contributed by atoms with E-state index in [1.807, 2.05) is 19.9 Å². The van der Waals surface area contributed by atoms with Crippen molar-refractivity contribution >= 4 is 11.6 Å². The molecule has 1 rings (SSSR count). The third-order valence-corrected chi connectivity index (χ3v) is 2.32. The first-order valence-electron chi connectivity index (χ1n) is 5.59. The third kappa shape index (κ3) is 4.25. The van der Waals surface area contributed by atoms with Crippen molar-refractivity contribution < 1.29 is 4.79 Å². The Labute approximate surface area is 101 Å². The largest absolute Gasteiger partial charge is 0.325 e. The van der Waals surface area contributed by atoms with Crippen LogP contribution in [0.2, 0.25) is 0 Å². The number of carbonyl (C=O) groups is 1. The SMILES string of the molecule is CC(C)C[C@@H](N)C(=O)Nc1cccc(C#N)c1. The van der Waals surface area contributed by atoms with Crippen LogP contribution in [0.25, 0.3) is 0 Å². The molecule has 0 saturated heterocycles. The van der Waals surface area contributed by atoms with Crippen LogP contribution in [0.1, 0.15) is 25.8 Å². The number of nitrogens with one attached hydrogen (secondary N) is 1. The Balaban J connectivity index is 2.65. The van der Waals surface area contributed by atoms with Gasteiger partial charge in [-0.3, -0.25) is 4.79 Å². The smallest absolute Gasteiger partial charge is 0.241 e. The first kappa shape index (κ1) is 13.2. The first-order chi connectivity index (χ1) is 8.02. The zero-order chi connectivity index (χ0) is 12.8. The summed E-state index contributed by atoms with van der Waals surface area (Å²) in [4.78, 5) is 11.7. The van der Waals surface area contributed by atoms with Crippen molar-refractivity contribution in [2.24, 2.45) is 11.7 Å². The average Bonchev–Trinajstić information content (AvgIpc) is 2.28. The molecular weight excluding hydrogens is 214 g/mol. The van der Waals surface area contributed by atoms with Gasteiger partial charge in [-0.1, -0.05) is 19.9 Å². The minimum absolute atomic E-state index is 0.214. The van der Waals surface area contributed by atoms with E-state index in [4.69, 9.17) is 11.0 Å². The highest BCUT2D eigenvalue weighted by Crippen LogP contribution is 2.11. The molecule has 0 bridgehead atoms. The molecule has 0 aromatic heterocycles. The lowest BCUT2D eigenvalue weighted by atomic mass is 10.0. The molecule has 0 fully saturated rings. The molecule has 0 heterocycles. The van der Waals surface area contributed by atoms with E-state index in [9.17, 15) is 4.79 Å². The molecule has 0 saturated carbocycles. The summed E-state index contributed by atoms with van der Waals surface area (Å²) in [6.07, 6.45) is 0.643. The van der Waals surface area contributed by atoms with Crippen LogP contribution in [0.5, 0.6) is 0 Å². The molecule has 90 valence electrons. The Morgan fingerprint density at radius 3 is 2.82 bits per heavy atom.